The summed E-state index contributed by atoms with van der Waals surface area (Å²) in [5, 5.41) is 5.95. The first-order valence-electron chi connectivity index (χ1n) is 8.02. The minimum absolute atomic E-state index is 0.0246. The van der Waals surface area contributed by atoms with Crippen molar-refractivity contribution in [3.05, 3.63) is 35.4 Å². The number of hydrogen-bond donors (Lipinski definition) is 2. The van der Waals surface area contributed by atoms with Crippen molar-refractivity contribution in [2.24, 2.45) is 4.99 Å². The Bertz CT molecular complexity index is 674. The number of nitrogens with zero attached hydrogens (tertiary/aromatic N) is 1. The molecule has 0 aliphatic heterocycles. The summed E-state index contributed by atoms with van der Waals surface area (Å²) in [5.41, 5.74) is 1.54. The summed E-state index contributed by atoms with van der Waals surface area (Å²) < 4.78 is 63.5. The van der Waals surface area contributed by atoms with Crippen LogP contribution in [-0.4, -0.2) is 52.3 Å². The molecule has 0 saturated heterocycles. The Morgan fingerprint density at radius 2 is 1.77 bits per heavy atom. The van der Waals surface area contributed by atoms with Gasteiger partial charge >= 0.3 is 6.18 Å². The molecule has 0 amide bonds. The van der Waals surface area contributed by atoms with E-state index in [4.69, 9.17) is 0 Å². The van der Waals surface area contributed by atoms with E-state index in [-0.39, 0.29) is 24.7 Å². The molecular weight excluding hydrogens is 371 g/mol. The minimum Gasteiger partial charge on any atom is -0.367 e. The van der Waals surface area contributed by atoms with Crippen LogP contribution in [0.3, 0.4) is 0 Å². The predicted octanol–water partition coefficient (Wildman–Crippen LogP) is 1.87. The normalized spacial score (nSPS) is 12.9. The molecule has 0 heterocycles. The molecule has 0 aliphatic carbocycles. The maximum Gasteiger partial charge on any atom is 0.411 e. The Morgan fingerprint density at radius 3 is 2.31 bits per heavy atom. The number of ether oxygens (including phenoxy) is 1. The van der Waals surface area contributed by atoms with Crippen molar-refractivity contribution in [3.63, 3.8) is 0 Å². The topological polar surface area (TPSA) is 79.8 Å². The first-order chi connectivity index (χ1) is 12.1. The van der Waals surface area contributed by atoms with Crippen molar-refractivity contribution in [1.82, 2.24) is 10.6 Å². The number of rotatable bonds is 9. The molecule has 2 N–H and O–H groups in total. The molecule has 6 nitrogen and oxygen atoms in total. The molecule has 1 rings (SSSR count). The van der Waals surface area contributed by atoms with E-state index < -0.39 is 22.6 Å². The molecule has 0 spiro atoms. The largest absolute Gasteiger partial charge is 0.411 e. The van der Waals surface area contributed by atoms with E-state index in [2.05, 4.69) is 20.4 Å². The second kappa shape index (κ2) is 10.4. The van der Waals surface area contributed by atoms with Crippen LogP contribution in [0.2, 0.25) is 0 Å². The first-order valence-corrected chi connectivity index (χ1v) is 9.84. The Labute approximate surface area is 151 Å². The molecule has 0 aliphatic rings. The summed E-state index contributed by atoms with van der Waals surface area (Å²) in [5.74, 6) is 0.588. The fraction of sp³-hybridized carbons (Fsp3) is 0.562. The maximum atomic E-state index is 12.0. The first kappa shape index (κ1) is 22.2. The number of halogens is 3. The zero-order valence-corrected chi connectivity index (χ0v) is 15.6. The van der Waals surface area contributed by atoms with Crippen LogP contribution in [0.15, 0.2) is 29.3 Å². The van der Waals surface area contributed by atoms with Crippen LogP contribution in [0.4, 0.5) is 13.2 Å². The quantitative estimate of drug-likeness (QED) is 0.493. The Hall–Kier alpha value is -1.81. The molecule has 0 unspecified atom stereocenters. The second-order valence-electron chi connectivity index (χ2n) is 5.51. The monoisotopic (exact) mass is 395 g/mol. The van der Waals surface area contributed by atoms with E-state index in [1.165, 1.54) is 0 Å². The average Bonchev–Trinajstić information content (AvgIpc) is 2.58. The SMILES string of the molecule is CCS(=O)(=O)CCNC(=NC)NCc1ccc(COCC(F)(F)F)cc1. The van der Waals surface area contributed by atoms with Gasteiger partial charge in [0.25, 0.3) is 0 Å². The van der Waals surface area contributed by atoms with Crippen LogP contribution in [0.25, 0.3) is 0 Å². The van der Waals surface area contributed by atoms with Crippen molar-refractivity contribution < 1.29 is 26.3 Å². The second-order valence-corrected chi connectivity index (χ2v) is 7.99. The lowest BCUT2D eigenvalue weighted by Gasteiger charge is -2.12. The van der Waals surface area contributed by atoms with Gasteiger partial charge in [-0.05, 0) is 11.1 Å². The third kappa shape index (κ3) is 9.62. The van der Waals surface area contributed by atoms with Gasteiger partial charge in [0.15, 0.2) is 15.8 Å². The minimum atomic E-state index is -4.33. The maximum absolute atomic E-state index is 12.0. The van der Waals surface area contributed by atoms with Crippen molar-refractivity contribution in [1.29, 1.82) is 0 Å². The smallest absolute Gasteiger partial charge is 0.367 e. The van der Waals surface area contributed by atoms with Gasteiger partial charge in [-0.2, -0.15) is 13.2 Å². The van der Waals surface area contributed by atoms with Crippen molar-refractivity contribution in [2.45, 2.75) is 26.3 Å². The van der Waals surface area contributed by atoms with Gasteiger partial charge in [0.1, 0.15) is 6.61 Å². The number of sulfone groups is 1. The van der Waals surface area contributed by atoms with Gasteiger partial charge < -0.3 is 15.4 Å². The van der Waals surface area contributed by atoms with E-state index in [1.807, 2.05) is 0 Å². The number of nitrogens with one attached hydrogen (secondary N) is 2. The Balaban J connectivity index is 2.39. The average molecular weight is 395 g/mol. The standard InChI is InChI=1S/C16H24F3N3O3S/c1-3-26(23,24)9-8-21-15(20-2)22-10-13-4-6-14(7-5-13)11-25-12-16(17,18)19/h4-7H,3,8-12H2,1-2H3,(H2,20,21,22). The van der Waals surface area contributed by atoms with Crippen LogP contribution in [0, 0.1) is 0 Å². The van der Waals surface area contributed by atoms with Gasteiger partial charge in [-0.25, -0.2) is 8.42 Å². The van der Waals surface area contributed by atoms with Gasteiger partial charge in [-0.3, -0.25) is 4.99 Å². The number of hydrogen-bond acceptors (Lipinski definition) is 4. The fourth-order valence-electron chi connectivity index (χ4n) is 1.91. The van der Waals surface area contributed by atoms with Crippen LogP contribution in [0.5, 0.6) is 0 Å². The van der Waals surface area contributed by atoms with E-state index in [0.29, 0.717) is 18.1 Å². The van der Waals surface area contributed by atoms with Gasteiger partial charge in [0, 0.05) is 25.9 Å². The number of aliphatic imine (C=N–C) groups is 1. The zero-order valence-electron chi connectivity index (χ0n) is 14.8. The third-order valence-electron chi connectivity index (χ3n) is 3.39. The summed E-state index contributed by atoms with van der Waals surface area (Å²) in [6.45, 7) is 0.907. The number of guanidine groups is 1. The van der Waals surface area contributed by atoms with Crippen molar-refractivity contribution in [3.8, 4) is 0 Å². The molecule has 26 heavy (non-hydrogen) atoms. The third-order valence-corrected chi connectivity index (χ3v) is 5.09. The molecule has 10 heteroatoms. The molecule has 0 saturated carbocycles. The number of alkyl halides is 3. The van der Waals surface area contributed by atoms with Crippen LogP contribution in [-0.2, 0) is 27.7 Å². The van der Waals surface area contributed by atoms with Crippen LogP contribution in [0.1, 0.15) is 18.1 Å². The summed E-state index contributed by atoms with van der Waals surface area (Å²) >= 11 is 0. The highest BCUT2D eigenvalue weighted by molar-refractivity contribution is 7.91. The molecular formula is C16H24F3N3O3S. The lowest BCUT2D eigenvalue weighted by Crippen LogP contribution is -2.39. The molecule has 0 bridgehead atoms. The summed E-state index contributed by atoms with van der Waals surface area (Å²) in [6, 6.07) is 6.93. The van der Waals surface area contributed by atoms with E-state index in [0.717, 1.165) is 5.56 Å². The molecule has 148 valence electrons. The fourth-order valence-corrected chi connectivity index (χ4v) is 2.62. The molecule has 1 aromatic rings. The lowest BCUT2D eigenvalue weighted by atomic mass is 10.1. The molecule has 0 aromatic heterocycles. The van der Waals surface area contributed by atoms with Gasteiger partial charge in [-0.1, -0.05) is 31.2 Å². The van der Waals surface area contributed by atoms with E-state index >= 15 is 0 Å². The van der Waals surface area contributed by atoms with Gasteiger partial charge in [0.05, 0.1) is 12.4 Å². The van der Waals surface area contributed by atoms with Gasteiger partial charge in [0.2, 0.25) is 0 Å². The summed E-state index contributed by atoms with van der Waals surface area (Å²) in [7, 11) is -1.47. The highest BCUT2D eigenvalue weighted by atomic mass is 32.2. The molecule has 0 radical (unpaired) electrons. The van der Waals surface area contributed by atoms with Crippen LogP contribution >= 0.6 is 0 Å². The van der Waals surface area contributed by atoms with Crippen LogP contribution < -0.4 is 10.6 Å². The van der Waals surface area contributed by atoms with Crippen molar-refractivity contribution in [2.75, 3.05) is 31.7 Å². The summed E-state index contributed by atoms with van der Waals surface area (Å²) in [6.07, 6.45) is -4.33. The Morgan fingerprint density at radius 1 is 1.15 bits per heavy atom. The Kier molecular flexibility index (Phi) is 8.86. The lowest BCUT2D eigenvalue weighted by molar-refractivity contribution is -0.176. The van der Waals surface area contributed by atoms with Crippen molar-refractivity contribution >= 4 is 15.8 Å². The predicted molar refractivity (Wildman–Crippen MR) is 94.7 cm³/mol. The number of benzene rings is 1. The van der Waals surface area contributed by atoms with E-state index in [9.17, 15) is 21.6 Å². The van der Waals surface area contributed by atoms with Gasteiger partial charge in [-0.15, -0.1) is 0 Å². The molecule has 0 atom stereocenters. The highest BCUT2D eigenvalue weighted by Gasteiger charge is 2.27. The zero-order chi connectivity index (χ0) is 19.6. The molecule has 1 aromatic carbocycles. The summed E-state index contributed by atoms with van der Waals surface area (Å²) in [4.78, 5) is 4.00. The van der Waals surface area contributed by atoms with E-state index in [1.54, 1.807) is 38.2 Å². The highest BCUT2D eigenvalue weighted by Crippen LogP contribution is 2.15. The molecule has 0 fully saturated rings.